The Labute approximate surface area is 146 Å². The third-order valence-electron chi connectivity index (χ3n) is 4.46. The molecule has 0 aliphatic rings. The maximum atomic E-state index is 10.5. The Morgan fingerprint density at radius 3 is 2.25 bits per heavy atom. The first-order valence-electron chi connectivity index (χ1n) is 8.90. The Bertz CT molecular complexity index is 641. The van der Waals surface area contributed by atoms with Crippen molar-refractivity contribution in [2.24, 2.45) is 0 Å². The van der Waals surface area contributed by atoms with Crippen LogP contribution in [0.25, 0.3) is 0 Å². The zero-order valence-corrected chi connectivity index (χ0v) is 15.6. The Morgan fingerprint density at radius 2 is 1.67 bits per heavy atom. The van der Waals surface area contributed by atoms with Gasteiger partial charge in [-0.15, -0.1) is 0 Å². The summed E-state index contributed by atoms with van der Waals surface area (Å²) in [5.41, 5.74) is 3.61. The smallest absolute Gasteiger partial charge is 0.119 e. The van der Waals surface area contributed by atoms with Crippen LogP contribution >= 0.6 is 0 Å². The number of phenolic OH excluding ortho intramolecular Hbond substituents is 1. The van der Waals surface area contributed by atoms with Gasteiger partial charge in [-0.05, 0) is 35.6 Å². The van der Waals surface area contributed by atoms with Gasteiger partial charge in [0, 0.05) is 17.5 Å². The highest BCUT2D eigenvalue weighted by Crippen LogP contribution is 2.36. The number of hydrogen-bond acceptors (Lipinski definition) is 2. The number of phenols is 1. The predicted molar refractivity (Wildman–Crippen MR) is 103 cm³/mol. The van der Waals surface area contributed by atoms with Crippen LogP contribution in [0.2, 0.25) is 0 Å². The number of aromatic hydroxyl groups is 1. The minimum atomic E-state index is 0.0693. The fourth-order valence-corrected chi connectivity index (χ4v) is 3.00. The molecule has 0 aromatic heterocycles. The van der Waals surface area contributed by atoms with Gasteiger partial charge < -0.3 is 10.4 Å². The molecule has 130 valence electrons. The average Bonchev–Trinajstić information content (AvgIpc) is 2.52. The van der Waals surface area contributed by atoms with Crippen LogP contribution in [0.1, 0.15) is 63.6 Å². The summed E-state index contributed by atoms with van der Waals surface area (Å²) in [5.74, 6) is 0.584. The van der Waals surface area contributed by atoms with E-state index >= 15 is 0 Å². The quantitative estimate of drug-likeness (QED) is 0.764. The first kappa shape index (κ1) is 18.5. The summed E-state index contributed by atoms with van der Waals surface area (Å²) >= 11 is 0. The van der Waals surface area contributed by atoms with Gasteiger partial charge in [-0.25, -0.2) is 0 Å². The van der Waals surface area contributed by atoms with Crippen molar-refractivity contribution in [2.45, 2.75) is 58.4 Å². The molecule has 2 N–H and O–H groups in total. The van der Waals surface area contributed by atoms with E-state index in [-0.39, 0.29) is 11.3 Å². The van der Waals surface area contributed by atoms with Crippen LogP contribution in [0, 0.1) is 0 Å². The normalized spacial score (nSPS) is 13.2. The average molecular weight is 325 g/mol. The van der Waals surface area contributed by atoms with Crippen LogP contribution in [0.4, 0.5) is 0 Å². The van der Waals surface area contributed by atoms with E-state index in [4.69, 9.17) is 0 Å². The third kappa shape index (κ3) is 4.85. The van der Waals surface area contributed by atoms with Crippen molar-refractivity contribution in [3.63, 3.8) is 0 Å². The van der Waals surface area contributed by atoms with E-state index in [1.807, 2.05) is 18.2 Å². The maximum Gasteiger partial charge on any atom is 0.119 e. The van der Waals surface area contributed by atoms with Gasteiger partial charge in [-0.3, -0.25) is 0 Å². The fourth-order valence-electron chi connectivity index (χ4n) is 3.00. The topological polar surface area (TPSA) is 32.3 Å². The van der Waals surface area contributed by atoms with E-state index in [0.29, 0.717) is 11.8 Å². The lowest BCUT2D eigenvalue weighted by Crippen LogP contribution is -2.25. The number of nitrogens with one attached hydrogen (secondary N) is 1. The molecule has 24 heavy (non-hydrogen) atoms. The van der Waals surface area contributed by atoms with Crippen LogP contribution in [0.3, 0.4) is 0 Å². The monoisotopic (exact) mass is 325 g/mol. The van der Waals surface area contributed by atoms with Gasteiger partial charge in [-0.1, -0.05) is 77.1 Å². The molecule has 1 unspecified atom stereocenters. The van der Waals surface area contributed by atoms with Crippen molar-refractivity contribution in [3.05, 3.63) is 65.2 Å². The highest BCUT2D eigenvalue weighted by molar-refractivity contribution is 5.45. The van der Waals surface area contributed by atoms with Crippen molar-refractivity contribution in [1.29, 1.82) is 0 Å². The highest BCUT2D eigenvalue weighted by Gasteiger charge is 2.21. The third-order valence-corrected chi connectivity index (χ3v) is 4.46. The van der Waals surface area contributed by atoms with Gasteiger partial charge in [0.05, 0.1) is 0 Å². The molecule has 2 aromatic rings. The Balaban J connectivity index is 2.39. The minimum absolute atomic E-state index is 0.0693. The second-order valence-corrected chi connectivity index (χ2v) is 7.88. The first-order valence-corrected chi connectivity index (χ1v) is 8.90. The van der Waals surface area contributed by atoms with Gasteiger partial charge in [0.2, 0.25) is 0 Å². The van der Waals surface area contributed by atoms with Crippen LogP contribution in [-0.2, 0) is 5.41 Å². The standard InChI is InChI=1S/C22H31NO/c1-16(2)23-14-13-19(17-9-7-6-8-10-17)20-15-18(22(3,4)5)11-12-21(20)24/h6-12,15-16,19,23-24H,13-14H2,1-5H3. The summed E-state index contributed by atoms with van der Waals surface area (Å²) in [6, 6.07) is 17.0. The van der Waals surface area contributed by atoms with Crippen molar-refractivity contribution >= 4 is 0 Å². The second kappa shape index (κ2) is 7.85. The molecule has 0 spiro atoms. The molecule has 0 saturated heterocycles. The maximum absolute atomic E-state index is 10.5. The Morgan fingerprint density at radius 1 is 1.00 bits per heavy atom. The summed E-state index contributed by atoms with van der Waals surface area (Å²) in [6.07, 6.45) is 0.962. The van der Waals surface area contributed by atoms with Crippen molar-refractivity contribution in [2.75, 3.05) is 6.54 Å². The molecule has 0 radical (unpaired) electrons. The van der Waals surface area contributed by atoms with Crippen LogP contribution < -0.4 is 5.32 Å². The molecule has 2 aromatic carbocycles. The lowest BCUT2D eigenvalue weighted by atomic mass is 9.81. The Kier molecular flexibility index (Phi) is 6.06. The molecule has 0 aliphatic heterocycles. The highest BCUT2D eigenvalue weighted by atomic mass is 16.3. The fraction of sp³-hybridized carbons (Fsp3) is 0.455. The molecule has 0 bridgehead atoms. The van der Waals surface area contributed by atoms with Gasteiger partial charge in [0.15, 0.2) is 0 Å². The van der Waals surface area contributed by atoms with Crippen LogP contribution in [0.15, 0.2) is 48.5 Å². The molecule has 0 fully saturated rings. The number of benzene rings is 2. The summed E-state index contributed by atoms with van der Waals surface area (Å²) in [4.78, 5) is 0. The van der Waals surface area contributed by atoms with Gasteiger partial charge in [-0.2, -0.15) is 0 Å². The molecule has 2 rings (SSSR count). The molecule has 0 amide bonds. The van der Waals surface area contributed by atoms with Crippen molar-refractivity contribution in [1.82, 2.24) is 5.32 Å². The largest absolute Gasteiger partial charge is 0.508 e. The molecule has 0 heterocycles. The van der Waals surface area contributed by atoms with Gasteiger partial charge in [0.25, 0.3) is 0 Å². The van der Waals surface area contributed by atoms with Gasteiger partial charge >= 0.3 is 0 Å². The van der Waals surface area contributed by atoms with E-state index in [2.05, 4.69) is 70.3 Å². The lowest BCUT2D eigenvalue weighted by Gasteiger charge is -2.24. The zero-order valence-electron chi connectivity index (χ0n) is 15.6. The lowest BCUT2D eigenvalue weighted by molar-refractivity contribution is 0.458. The molecule has 2 heteroatoms. The van der Waals surface area contributed by atoms with Crippen LogP contribution in [-0.4, -0.2) is 17.7 Å². The molecule has 1 atom stereocenters. The summed E-state index contributed by atoms with van der Waals surface area (Å²) in [5, 5.41) is 14.0. The molecule has 2 nitrogen and oxygen atoms in total. The molecular formula is C22H31NO. The van der Waals surface area contributed by atoms with Gasteiger partial charge in [0.1, 0.15) is 5.75 Å². The van der Waals surface area contributed by atoms with E-state index in [0.717, 1.165) is 18.5 Å². The zero-order chi connectivity index (χ0) is 17.7. The number of hydrogen-bond donors (Lipinski definition) is 2. The minimum Gasteiger partial charge on any atom is -0.508 e. The van der Waals surface area contributed by atoms with E-state index < -0.39 is 0 Å². The van der Waals surface area contributed by atoms with E-state index in [1.54, 1.807) is 0 Å². The van der Waals surface area contributed by atoms with Crippen molar-refractivity contribution in [3.8, 4) is 5.75 Å². The second-order valence-electron chi connectivity index (χ2n) is 7.88. The SMILES string of the molecule is CC(C)NCCC(c1ccccc1)c1cc(C(C)(C)C)ccc1O. The summed E-state index contributed by atoms with van der Waals surface area (Å²) in [7, 11) is 0. The van der Waals surface area contributed by atoms with Crippen molar-refractivity contribution < 1.29 is 5.11 Å². The number of rotatable bonds is 6. The molecule has 0 aliphatic carbocycles. The Hall–Kier alpha value is -1.80. The summed E-state index contributed by atoms with van der Waals surface area (Å²) < 4.78 is 0. The summed E-state index contributed by atoms with van der Waals surface area (Å²) in [6.45, 7) is 11.9. The molecule has 0 saturated carbocycles. The molecular weight excluding hydrogens is 294 g/mol. The first-order chi connectivity index (χ1) is 11.3. The predicted octanol–water partition coefficient (Wildman–Crippen LogP) is 5.21. The van der Waals surface area contributed by atoms with Crippen LogP contribution in [0.5, 0.6) is 5.75 Å². The van der Waals surface area contributed by atoms with E-state index in [9.17, 15) is 5.11 Å². The van der Waals surface area contributed by atoms with E-state index in [1.165, 1.54) is 11.1 Å².